The maximum atomic E-state index is 13.3. The Morgan fingerprint density at radius 3 is 2.03 bits per heavy atom. The molecule has 1 aliphatic heterocycles. The van der Waals surface area contributed by atoms with Crippen LogP contribution < -0.4 is 0 Å². The van der Waals surface area contributed by atoms with Crippen LogP contribution in [0.15, 0.2) is 72.8 Å². The lowest BCUT2D eigenvalue weighted by Crippen LogP contribution is -2.60. The highest BCUT2D eigenvalue weighted by atomic mass is 16.7. The second-order valence-corrected chi connectivity index (χ2v) is 9.76. The van der Waals surface area contributed by atoms with E-state index in [1.165, 1.54) is 0 Å². The highest BCUT2D eigenvalue weighted by Gasteiger charge is 2.50. The zero-order chi connectivity index (χ0) is 24.2. The molecule has 2 aliphatic carbocycles. The van der Waals surface area contributed by atoms with Crippen molar-refractivity contribution in [3.63, 3.8) is 0 Å². The van der Waals surface area contributed by atoms with Gasteiger partial charge in [0.2, 0.25) is 0 Å². The summed E-state index contributed by atoms with van der Waals surface area (Å²) in [7, 11) is 1.60. The van der Waals surface area contributed by atoms with Crippen molar-refractivity contribution in [3.05, 3.63) is 83.9 Å². The van der Waals surface area contributed by atoms with Crippen molar-refractivity contribution < 1.29 is 28.5 Å². The number of methoxy groups -OCH3 is 1. The molecular formula is C29H34O6. The van der Waals surface area contributed by atoms with Crippen molar-refractivity contribution >= 4 is 5.97 Å². The zero-order valence-corrected chi connectivity index (χ0v) is 20.3. The number of benzene rings is 2. The van der Waals surface area contributed by atoms with Crippen LogP contribution in [-0.4, -0.2) is 43.8 Å². The number of carbonyl (C=O) groups is 1. The van der Waals surface area contributed by atoms with Gasteiger partial charge >= 0.3 is 5.97 Å². The van der Waals surface area contributed by atoms with Crippen molar-refractivity contribution in [1.29, 1.82) is 0 Å². The van der Waals surface area contributed by atoms with Gasteiger partial charge in [-0.1, -0.05) is 72.8 Å². The maximum absolute atomic E-state index is 13.3. The molecule has 8 atom stereocenters. The van der Waals surface area contributed by atoms with E-state index in [1.54, 1.807) is 7.11 Å². The van der Waals surface area contributed by atoms with Crippen LogP contribution in [0.4, 0.5) is 0 Å². The summed E-state index contributed by atoms with van der Waals surface area (Å²) in [6.45, 7) is 2.63. The molecule has 3 aliphatic rings. The molecule has 2 aromatic carbocycles. The molecule has 2 fully saturated rings. The fourth-order valence-electron chi connectivity index (χ4n) is 5.50. The molecule has 0 spiro atoms. The van der Waals surface area contributed by atoms with Crippen LogP contribution in [0.1, 0.15) is 30.9 Å². The van der Waals surface area contributed by atoms with Crippen LogP contribution in [0.3, 0.4) is 0 Å². The molecule has 0 radical (unpaired) electrons. The van der Waals surface area contributed by atoms with Gasteiger partial charge in [0.25, 0.3) is 0 Å². The summed E-state index contributed by atoms with van der Waals surface area (Å²) < 4.78 is 30.7. The number of ether oxygens (including phenoxy) is 5. The first-order chi connectivity index (χ1) is 17.1. The van der Waals surface area contributed by atoms with Crippen molar-refractivity contribution in [2.75, 3.05) is 7.11 Å². The minimum Gasteiger partial charge on any atom is -0.456 e. The number of carbonyl (C=O) groups excluding carboxylic acids is 1. The van der Waals surface area contributed by atoms with E-state index in [0.717, 1.165) is 24.0 Å². The molecule has 0 amide bonds. The maximum Gasteiger partial charge on any atom is 0.310 e. The molecule has 5 rings (SSSR count). The molecule has 6 heteroatoms. The minimum absolute atomic E-state index is 0.101. The Balaban J connectivity index is 1.36. The molecule has 0 aromatic heterocycles. The Hall–Kier alpha value is -2.51. The summed E-state index contributed by atoms with van der Waals surface area (Å²) in [6, 6.07) is 19.9. The Bertz CT molecular complexity index is 993. The second kappa shape index (κ2) is 11.0. The first-order valence-corrected chi connectivity index (χ1v) is 12.5. The quantitative estimate of drug-likeness (QED) is 0.386. The van der Waals surface area contributed by atoms with Gasteiger partial charge in [0.05, 0.1) is 25.2 Å². The van der Waals surface area contributed by atoms with Crippen LogP contribution in [0.5, 0.6) is 0 Å². The van der Waals surface area contributed by atoms with Gasteiger partial charge in [0.15, 0.2) is 12.4 Å². The molecule has 0 N–H and O–H groups in total. The zero-order valence-electron chi connectivity index (χ0n) is 20.3. The van der Waals surface area contributed by atoms with E-state index in [0.29, 0.717) is 19.1 Å². The molecule has 1 saturated carbocycles. The number of allylic oxidation sites excluding steroid dienone is 2. The summed E-state index contributed by atoms with van der Waals surface area (Å²) in [4.78, 5) is 13.3. The largest absolute Gasteiger partial charge is 0.456 e. The van der Waals surface area contributed by atoms with Gasteiger partial charge in [0, 0.05) is 7.11 Å². The summed E-state index contributed by atoms with van der Waals surface area (Å²) >= 11 is 0. The lowest BCUT2D eigenvalue weighted by Gasteiger charge is -2.44. The number of fused-ring (bicyclic) bond motifs is 2. The van der Waals surface area contributed by atoms with Gasteiger partial charge in [-0.3, -0.25) is 4.79 Å². The molecule has 35 heavy (non-hydrogen) atoms. The first-order valence-electron chi connectivity index (χ1n) is 12.5. The van der Waals surface area contributed by atoms with Crippen LogP contribution in [-0.2, 0) is 41.7 Å². The Morgan fingerprint density at radius 2 is 1.49 bits per heavy atom. The average molecular weight is 479 g/mol. The molecular weight excluding hydrogens is 444 g/mol. The summed E-state index contributed by atoms with van der Waals surface area (Å²) in [5.41, 5.74) is 2.07. The van der Waals surface area contributed by atoms with Crippen LogP contribution >= 0.6 is 0 Å². The fourth-order valence-corrected chi connectivity index (χ4v) is 5.50. The first kappa shape index (κ1) is 24.2. The molecule has 6 nitrogen and oxygen atoms in total. The smallest absolute Gasteiger partial charge is 0.310 e. The van der Waals surface area contributed by atoms with Crippen molar-refractivity contribution in [2.45, 2.75) is 63.7 Å². The lowest BCUT2D eigenvalue weighted by molar-refractivity contribution is -0.309. The van der Waals surface area contributed by atoms with E-state index in [2.05, 4.69) is 12.2 Å². The average Bonchev–Trinajstić information content (AvgIpc) is 3.53. The minimum atomic E-state index is -0.644. The summed E-state index contributed by atoms with van der Waals surface area (Å²) in [6.07, 6.45) is 3.50. The van der Waals surface area contributed by atoms with E-state index in [1.807, 2.05) is 67.6 Å². The van der Waals surface area contributed by atoms with Crippen LogP contribution in [0, 0.1) is 17.8 Å². The monoisotopic (exact) mass is 478 g/mol. The van der Waals surface area contributed by atoms with Gasteiger partial charge in [-0.2, -0.15) is 0 Å². The summed E-state index contributed by atoms with van der Waals surface area (Å²) in [5.74, 6) is 0.486. The SMILES string of the molecule is CO[C@H]1O[C@H](C)[C@@H](OC(=O)[C@H]2C[C@H]3C=C[C@@H]2C3)[C@H](OCc2ccccc2)[C@H]1OCc1ccccc1. The molecule has 1 heterocycles. The number of hydrogen-bond acceptors (Lipinski definition) is 6. The van der Waals surface area contributed by atoms with Crippen molar-refractivity contribution in [2.24, 2.45) is 17.8 Å². The van der Waals surface area contributed by atoms with E-state index in [9.17, 15) is 4.79 Å². The summed E-state index contributed by atoms with van der Waals surface area (Å²) in [5, 5.41) is 0. The second-order valence-electron chi connectivity index (χ2n) is 9.76. The van der Waals surface area contributed by atoms with Gasteiger partial charge in [-0.15, -0.1) is 0 Å². The van der Waals surface area contributed by atoms with E-state index in [4.69, 9.17) is 23.7 Å². The third-order valence-corrected chi connectivity index (χ3v) is 7.36. The van der Waals surface area contributed by atoms with E-state index < -0.39 is 30.7 Å². The van der Waals surface area contributed by atoms with Crippen molar-refractivity contribution in [3.8, 4) is 0 Å². The van der Waals surface area contributed by atoms with E-state index in [-0.39, 0.29) is 17.8 Å². The number of hydrogen-bond donors (Lipinski definition) is 0. The fraction of sp³-hybridized carbons (Fsp3) is 0.483. The highest BCUT2D eigenvalue weighted by molar-refractivity contribution is 5.74. The predicted molar refractivity (Wildman–Crippen MR) is 130 cm³/mol. The van der Waals surface area contributed by atoms with Gasteiger partial charge in [-0.05, 0) is 42.7 Å². The molecule has 2 aromatic rings. The third-order valence-electron chi connectivity index (χ3n) is 7.36. The van der Waals surface area contributed by atoms with Gasteiger partial charge in [0.1, 0.15) is 12.2 Å². The Morgan fingerprint density at radius 1 is 0.857 bits per heavy atom. The van der Waals surface area contributed by atoms with Crippen LogP contribution in [0.2, 0.25) is 0 Å². The lowest BCUT2D eigenvalue weighted by atomic mass is 9.93. The topological polar surface area (TPSA) is 63.2 Å². The Kier molecular flexibility index (Phi) is 7.63. The molecule has 2 bridgehead atoms. The van der Waals surface area contributed by atoms with Gasteiger partial charge < -0.3 is 23.7 Å². The van der Waals surface area contributed by atoms with Crippen LogP contribution in [0.25, 0.3) is 0 Å². The van der Waals surface area contributed by atoms with Crippen molar-refractivity contribution in [1.82, 2.24) is 0 Å². The molecule has 0 unspecified atom stereocenters. The standard InChI is InChI=1S/C29H34O6/c1-19-25(35-28(30)24-16-22-13-14-23(24)15-22)26(32-17-20-9-5-3-6-10-20)27(29(31-2)34-19)33-18-21-11-7-4-8-12-21/h3-14,19,22-27,29H,15-18H2,1-2H3/t19-,22+,23-,24+,25-,26+,27-,29+/m1/s1. The number of rotatable bonds is 9. The normalized spacial score (nSPS) is 33.7. The highest BCUT2D eigenvalue weighted by Crippen LogP contribution is 2.44. The number of esters is 1. The van der Waals surface area contributed by atoms with Gasteiger partial charge in [-0.25, -0.2) is 0 Å². The van der Waals surface area contributed by atoms with E-state index >= 15 is 0 Å². The molecule has 186 valence electrons. The predicted octanol–water partition coefficient (Wildman–Crippen LogP) is 4.67. The molecule has 1 saturated heterocycles. The Labute approximate surface area is 207 Å². The third kappa shape index (κ3) is 5.51.